The Morgan fingerprint density at radius 2 is 1.82 bits per heavy atom. The van der Waals surface area contributed by atoms with Gasteiger partial charge in [0.15, 0.2) is 0 Å². The van der Waals surface area contributed by atoms with Crippen molar-refractivity contribution in [3.63, 3.8) is 0 Å². The Hall–Kier alpha value is -3.54. The van der Waals surface area contributed by atoms with Crippen LogP contribution in [0.2, 0.25) is 0 Å². The van der Waals surface area contributed by atoms with Crippen LogP contribution in [0.1, 0.15) is 18.2 Å². The number of carbonyl (C=O) groups is 1. The van der Waals surface area contributed by atoms with Gasteiger partial charge < -0.3 is 4.98 Å². The summed E-state index contributed by atoms with van der Waals surface area (Å²) in [6.07, 6.45) is 4.20. The minimum atomic E-state index is -0.482. The Bertz CT molecular complexity index is 994. The number of rotatable bonds is 6. The summed E-state index contributed by atoms with van der Waals surface area (Å²) in [6.45, 7) is 2.49. The average molecular weight is 371 g/mol. The number of anilines is 1. The largest absolute Gasteiger partial charge is 0.348 e. The number of benzene rings is 2. The SMILES string of the molecule is CC(=NCCc1cnc[nH]1)C1C(=O)N(c2ccccc2)N=C1c1ccccc1. The van der Waals surface area contributed by atoms with Crippen LogP contribution in [0.25, 0.3) is 0 Å². The molecule has 140 valence electrons. The van der Waals surface area contributed by atoms with Gasteiger partial charge in [0.1, 0.15) is 5.92 Å². The Kier molecular flexibility index (Phi) is 5.10. The van der Waals surface area contributed by atoms with Crippen LogP contribution in [-0.2, 0) is 11.2 Å². The fourth-order valence-corrected chi connectivity index (χ4v) is 3.28. The van der Waals surface area contributed by atoms with E-state index in [0.717, 1.165) is 34.8 Å². The van der Waals surface area contributed by atoms with E-state index in [1.165, 1.54) is 5.01 Å². The highest BCUT2D eigenvalue weighted by molar-refractivity contribution is 6.32. The first-order valence-corrected chi connectivity index (χ1v) is 9.25. The molecule has 1 atom stereocenters. The van der Waals surface area contributed by atoms with Crippen LogP contribution in [-0.4, -0.2) is 33.8 Å². The minimum absolute atomic E-state index is 0.0761. The zero-order valence-electron chi connectivity index (χ0n) is 15.6. The van der Waals surface area contributed by atoms with Gasteiger partial charge in [0.05, 0.1) is 17.7 Å². The number of para-hydroxylation sites is 1. The van der Waals surface area contributed by atoms with Crippen molar-refractivity contribution in [2.45, 2.75) is 13.3 Å². The van der Waals surface area contributed by atoms with Gasteiger partial charge in [-0.25, -0.2) is 4.98 Å². The molecule has 1 amide bonds. The summed E-state index contributed by atoms with van der Waals surface area (Å²) in [5.74, 6) is -0.558. The molecule has 0 saturated carbocycles. The van der Waals surface area contributed by atoms with Crippen molar-refractivity contribution in [3.05, 3.63) is 84.4 Å². The molecule has 3 aromatic rings. The highest BCUT2D eigenvalue weighted by Crippen LogP contribution is 2.27. The van der Waals surface area contributed by atoms with E-state index < -0.39 is 5.92 Å². The average Bonchev–Trinajstić information content (AvgIpc) is 3.37. The van der Waals surface area contributed by atoms with Crippen molar-refractivity contribution in [2.24, 2.45) is 16.0 Å². The first kappa shape index (κ1) is 17.9. The van der Waals surface area contributed by atoms with Gasteiger partial charge in [-0.3, -0.25) is 9.79 Å². The van der Waals surface area contributed by atoms with E-state index in [-0.39, 0.29) is 5.91 Å². The monoisotopic (exact) mass is 371 g/mol. The summed E-state index contributed by atoms with van der Waals surface area (Å²) < 4.78 is 0. The summed E-state index contributed by atoms with van der Waals surface area (Å²) in [7, 11) is 0. The number of imidazole rings is 1. The maximum atomic E-state index is 13.2. The molecule has 0 fully saturated rings. The Labute approximate surface area is 163 Å². The van der Waals surface area contributed by atoms with Crippen LogP contribution >= 0.6 is 0 Å². The minimum Gasteiger partial charge on any atom is -0.348 e. The van der Waals surface area contributed by atoms with Gasteiger partial charge in [0.2, 0.25) is 0 Å². The standard InChI is InChI=1S/C22H21N5O/c1-16(24-13-12-18-14-23-15-25-18)20-21(17-8-4-2-5-9-17)26-27(22(20)28)19-10-6-3-7-11-19/h2-11,14-15,20H,12-13H2,1H3,(H,23,25). The van der Waals surface area contributed by atoms with E-state index in [4.69, 9.17) is 0 Å². The molecule has 0 saturated heterocycles. The number of aromatic amines is 1. The second-order valence-corrected chi connectivity index (χ2v) is 6.62. The van der Waals surface area contributed by atoms with Gasteiger partial charge in [-0.15, -0.1) is 0 Å². The predicted octanol–water partition coefficient (Wildman–Crippen LogP) is 3.48. The smallest absolute Gasteiger partial charge is 0.262 e. The predicted molar refractivity (Wildman–Crippen MR) is 111 cm³/mol. The number of carbonyl (C=O) groups excluding carboxylic acids is 1. The van der Waals surface area contributed by atoms with Gasteiger partial charge in [-0.1, -0.05) is 48.5 Å². The van der Waals surface area contributed by atoms with E-state index >= 15 is 0 Å². The van der Waals surface area contributed by atoms with Crippen LogP contribution in [0.4, 0.5) is 5.69 Å². The summed E-state index contributed by atoms with van der Waals surface area (Å²) in [5.41, 5.74) is 4.22. The van der Waals surface area contributed by atoms with Crippen LogP contribution in [0.5, 0.6) is 0 Å². The van der Waals surface area contributed by atoms with E-state index in [9.17, 15) is 4.79 Å². The second kappa shape index (κ2) is 8.00. The number of hydrazone groups is 1. The molecule has 0 spiro atoms. The molecule has 4 rings (SSSR count). The van der Waals surface area contributed by atoms with E-state index in [1.54, 1.807) is 12.5 Å². The van der Waals surface area contributed by atoms with Gasteiger partial charge in [-0.2, -0.15) is 10.1 Å². The summed E-state index contributed by atoms with van der Waals surface area (Å²) in [6, 6.07) is 19.3. The normalized spacial score (nSPS) is 17.1. The maximum Gasteiger partial charge on any atom is 0.262 e. The Morgan fingerprint density at radius 3 is 2.50 bits per heavy atom. The second-order valence-electron chi connectivity index (χ2n) is 6.62. The molecule has 2 aromatic carbocycles. The first-order chi connectivity index (χ1) is 13.7. The van der Waals surface area contributed by atoms with Crippen molar-refractivity contribution in [1.82, 2.24) is 9.97 Å². The fourth-order valence-electron chi connectivity index (χ4n) is 3.28. The van der Waals surface area contributed by atoms with Crippen molar-refractivity contribution in [3.8, 4) is 0 Å². The van der Waals surface area contributed by atoms with Gasteiger partial charge >= 0.3 is 0 Å². The number of H-pyrrole nitrogens is 1. The summed E-state index contributed by atoms with van der Waals surface area (Å²) in [5, 5.41) is 6.16. The molecular formula is C22H21N5O. The zero-order chi connectivity index (χ0) is 19.3. The summed E-state index contributed by atoms with van der Waals surface area (Å²) >= 11 is 0. The lowest BCUT2D eigenvalue weighted by Crippen LogP contribution is -2.32. The lowest BCUT2D eigenvalue weighted by Gasteiger charge is -2.14. The Balaban J connectivity index is 1.63. The van der Waals surface area contributed by atoms with Crippen LogP contribution in [0.3, 0.4) is 0 Å². The molecule has 0 radical (unpaired) electrons. The maximum absolute atomic E-state index is 13.2. The van der Waals surface area contributed by atoms with Gasteiger partial charge in [0, 0.05) is 30.6 Å². The molecule has 0 bridgehead atoms. The third-order valence-electron chi connectivity index (χ3n) is 4.72. The molecule has 28 heavy (non-hydrogen) atoms. The molecular weight excluding hydrogens is 350 g/mol. The van der Waals surface area contributed by atoms with Crippen molar-refractivity contribution in [2.75, 3.05) is 11.6 Å². The Morgan fingerprint density at radius 1 is 1.11 bits per heavy atom. The van der Waals surface area contributed by atoms with E-state index in [2.05, 4.69) is 20.1 Å². The molecule has 1 aliphatic heterocycles. The molecule has 1 unspecified atom stereocenters. The third-order valence-corrected chi connectivity index (χ3v) is 4.72. The lowest BCUT2D eigenvalue weighted by molar-refractivity contribution is -0.118. The molecule has 2 heterocycles. The fraction of sp³-hybridized carbons (Fsp3) is 0.182. The molecule has 6 heteroatoms. The quantitative estimate of drug-likeness (QED) is 0.674. The number of aliphatic imine (C=N–C) groups is 1. The number of amides is 1. The third kappa shape index (κ3) is 3.62. The van der Waals surface area contributed by atoms with Gasteiger partial charge in [-0.05, 0) is 24.6 Å². The highest BCUT2D eigenvalue weighted by Gasteiger charge is 2.39. The zero-order valence-corrected chi connectivity index (χ0v) is 15.6. The number of nitrogens with zero attached hydrogens (tertiary/aromatic N) is 4. The first-order valence-electron chi connectivity index (χ1n) is 9.25. The van der Waals surface area contributed by atoms with Crippen LogP contribution in [0.15, 0.2) is 83.3 Å². The number of hydrogen-bond acceptors (Lipinski definition) is 4. The van der Waals surface area contributed by atoms with Crippen molar-refractivity contribution in [1.29, 1.82) is 0 Å². The molecule has 6 nitrogen and oxygen atoms in total. The number of nitrogens with one attached hydrogen (secondary N) is 1. The number of aromatic nitrogens is 2. The molecule has 0 aliphatic carbocycles. The van der Waals surface area contributed by atoms with Crippen molar-refractivity contribution >= 4 is 23.0 Å². The molecule has 1 aromatic heterocycles. The molecule has 1 aliphatic rings. The molecule has 1 N–H and O–H groups in total. The highest BCUT2D eigenvalue weighted by atomic mass is 16.2. The van der Waals surface area contributed by atoms with Crippen LogP contribution < -0.4 is 5.01 Å². The summed E-state index contributed by atoms with van der Waals surface area (Å²) in [4.78, 5) is 25.0. The van der Waals surface area contributed by atoms with Gasteiger partial charge in [0.25, 0.3) is 5.91 Å². The lowest BCUT2D eigenvalue weighted by atomic mass is 9.93. The van der Waals surface area contributed by atoms with Crippen molar-refractivity contribution < 1.29 is 4.79 Å². The topological polar surface area (TPSA) is 73.7 Å². The number of hydrogen-bond donors (Lipinski definition) is 1. The van der Waals surface area contributed by atoms with E-state index in [1.807, 2.05) is 67.6 Å². The van der Waals surface area contributed by atoms with E-state index in [0.29, 0.717) is 6.54 Å². The van der Waals surface area contributed by atoms with Crippen LogP contribution in [0, 0.1) is 5.92 Å².